The third-order valence-electron chi connectivity index (χ3n) is 7.27. The summed E-state index contributed by atoms with van der Waals surface area (Å²) in [4.78, 5) is 42.2. The molecule has 4 rings (SSSR count). The molecule has 1 heterocycles. The van der Waals surface area contributed by atoms with E-state index >= 15 is 0 Å². The first-order valence-electron chi connectivity index (χ1n) is 12.8. The number of hydrogen-bond acceptors (Lipinski definition) is 8. The van der Waals surface area contributed by atoms with Gasteiger partial charge in [0.2, 0.25) is 5.75 Å². The molecule has 11 nitrogen and oxygen atoms in total. The van der Waals surface area contributed by atoms with Crippen molar-refractivity contribution in [2.45, 2.75) is 25.3 Å². The zero-order chi connectivity index (χ0) is 29.0. The smallest absolute Gasteiger partial charge is 0.328 e. The van der Waals surface area contributed by atoms with Crippen LogP contribution in [-0.2, 0) is 16.0 Å². The maximum absolute atomic E-state index is 13.7. The molecule has 1 aliphatic carbocycles. The monoisotopic (exact) mass is 554 g/mol. The van der Waals surface area contributed by atoms with E-state index in [0.717, 1.165) is 24.0 Å². The highest BCUT2D eigenvalue weighted by Crippen LogP contribution is 2.39. The van der Waals surface area contributed by atoms with Gasteiger partial charge in [0.15, 0.2) is 23.0 Å². The molecule has 1 N–H and O–H groups in total. The average molecular weight is 555 g/mol. The molecule has 1 unspecified atom stereocenters. The number of piperazine rings is 1. The molecule has 0 radical (unpaired) electrons. The predicted octanol–water partition coefficient (Wildman–Crippen LogP) is 2.89. The summed E-state index contributed by atoms with van der Waals surface area (Å²) in [5, 5.41) is 10.1. The van der Waals surface area contributed by atoms with E-state index in [9.17, 15) is 19.5 Å². The van der Waals surface area contributed by atoms with E-state index in [1.54, 1.807) is 20.3 Å². The Bertz CT molecular complexity index is 1310. The highest BCUT2D eigenvalue weighted by molar-refractivity contribution is 6.01. The lowest BCUT2D eigenvalue weighted by molar-refractivity contribution is -0.151. The van der Waals surface area contributed by atoms with Gasteiger partial charge in [-0.2, -0.15) is 0 Å². The van der Waals surface area contributed by atoms with E-state index in [1.165, 1.54) is 43.3 Å². The van der Waals surface area contributed by atoms with E-state index in [4.69, 9.17) is 23.7 Å². The molecule has 0 bridgehead atoms. The SMILES string of the molecule is COc1cc2c(cc1OC)CCCC(C(=O)N1CCN(C(=O)c3cc(OC)c(OC)c(OC)c3)CC1C(=O)O)=C2. The van der Waals surface area contributed by atoms with E-state index in [0.29, 0.717) is 40.7 Å². The Hall–Kier alpha value is -4.41. The van der Waals surface area contributed by atoms with Crippen molar-refractivity contribution in [1.82, 2.24) is 9.80 Å². The average Bonchev–Trinajstić information content (AvgIpc) is 3.20. The molecule has 2 aromatic rings. The lowest BCUT2D eigenvalue weighted by atomic mass is 10.0. The zero-order valence-corrected chi connectivity index (χ0v) is 23.3. The molecule has 11 heteroatoms. The van der Waals surface area contributed by atoms with Gasteiger partial charge in [0.1, 0.15) is 6.04 Å². The van der Waals surface area contributed by atoms with Crippen LogP contribution in [0.1, 0.15) is 34.3 Å². The summed E-state index contributed by atoms with van der Waals surface area (Å²) in [5.41, 5.74) is 2.63. The fourth-order valence-electron chi connectivity index (χ4n) is 5.18. The summed E-state index contributed by atoms with van der Waals surface area (Å²) in [6, 6.07) is 5.57. The molecule has 2 aromatic carbocycles. The third kappa shape index (κ3) is 5.49. The maximum Gasteiger partial charge on any atom is 0.328 e. The van der Waals surface area contributed by atoms with Gasteiger partial charge in [0.25, 0.3) is 11.8 Å². The Kier molecular flexibility index (Phi) is 8.71. The second-order valence-corrected chi connectivity index (χ2v) is 9.45. The molecule has 2 aliphatic rings. The molecule has 1 fully saturated rings. The topological polar surface area (TPSA) is 124 Å². The number of methoxy groups -OCH3 is 5. The van der Waals surface area contributed by atoms with Gasteiger partial charge in [-0.1, -0.05) is 0 Å². The lowest BCUT2D eigenvalue weighted by Gasteiger charge is -2.39. The van der Waals surface area contributed by atoms with Crippen molar-refractivity contribution in [3.63, 3.8) is 0 Å². The molecular weight excluding hydrogens is 520 g/mol. The first-order chi connectivity index (χ1) is 19.3. The van der Waals surface area contributed by atoms with Crippen LogP contribution in [0.3, 0.4) is 0 Å². The number of rotatable bonds is 8. The van der Waals surface area contributed by atoms with E-state index in [-0.39, 0.29) is 31.1 Å². The lowest BCUT2D eigenvalue weighted by Crippen LogP contribution is -2.59. The number of ether oxygens (including phenoxy) is 5. The third-order valence-corrected chi connectivity index (χ3v) is 7.27. The molecule has 40 heavy (non-hydrogen) atoms. The number of amides is 2. The van der Waals surface area contributed by atoms with Crippen molar-refractivity contribution in [2.24, 2.45) is 0 Å². The number of nitrogens with zero attached hydrogens (tertiary/aromatic N) is 2. The molecule has 1 saturated heterocycles. The van der Waals surface area contributed by atoms with Gasteiger partial charge < -0.3 is 38.6 Å². The van der Waals surface area contributed by atoms with Crippen LogP contribution < -0.4 is 23.7 Å². The largest absolute Gasteiger partial charge is 0.493 e. The minimum Gasteiger partial charge on any atom is -0.493 e. The molecular formula is C29H34N2O9. The summed E-state index contributed by atoms with van der Waals surface area (Å²) in [6.45, 7) is 0.0768. The predicted molar refractivity (Wildman–Crippen MR) is 146 cm³/mol. The Morgan fingerprint density at radius 2 is 1.40 bits per heavy atom. The molecule has 1 aliphatic heterocycles. The molecule has 214 valence electrons. The number of carboxylic acids is 1. The number of carbonyl (C=O) groups is 3. The van der Waals surface area contributed by atoms with Crippen molar-refractivity contribution in [2.75, 3.05) is 55.2 Å². The normalized spacial score (nSPS) is 16.7. The van der Waals surface area contributed by atoms with E-state index in [1.807, 2.05) is 12.1 Å². The highest BCUT2D eigenvalue weighted by atomic mass is 16.5. The second-order valence-electron chi connectivity index (χ2n) is 9.45. The van der Waals surface area contributed by atoms with Crippen molar-refractivity contribution in [1.29, 1.82) is 0 Å². The quantitative estimate of drug-likeness (QED) is 0.525. The standard InChI is InChI=1S/C29H34N2O9/c1-36-22-12-17-7-6-8-18(11-19(17)13-23(22)37-2)28(33)31-10-9-30(16-21(31)29(34)35)27(32)20-14-24(38-3)26(40-5)25(15-20)39-4/h11-15,21H,6-10,16H2,1-5H3,(H,34,35). The highest BCUT2D eigenvalue weighted by Gasteiger charge is 2.38. The van der Waals surface area contributed by atoms with Gasteiger partial charge in [-0.25, -0.2) is 4.79 Å². The number of carbonyl (C=O) groups excluding carboxylic acids is 2. The summed E-state index contributed by atoms with van der Waals surface area (Å²) >= 11 is 0. The van der Waals surface area contributed by atoms with Crippen LogP contribution in [0.25, 0.3) is 6.08 Å². The second kappa shape index (κ2) is 12.2. The Labute approximate surface area is 232 Å². The number of aryl methyl sites for hydroxylation is 1. The summed E-state index contributed by atoms with van der Waals surface area (Å²) in [5.74, 6) is 0.187. The van der Waals surface area contributed by atoms with Gasteiger partial charge in [0, 0.05) is 24.2 Å². The maximum atomic E-state index is 13.7. The van der Waals surface area contributed by atoms with Crippen LogP contribution in [0.2, 0.25) is 0 Å². The molecule has 0 saturated carbocycles. The van der Waals surface area contributed by atoms with Gasteiger partial charge >= 0.3 is 5.97 Å². The van der Waals surface area contributed by atoms with Gasteiger partial charge in [-0.15, -0.1) is 0 Å². The van der Waals surface area contributed by atoms with Crippen molar-refractivity contribution in [3.8, 4) is 28.7 Å². The minimum atomic E-state index is -1.21. The van der Waals surface area contributed by atoms with Crippen LogP contribution in [0.15, 0.2) is 29.8 Å². The first kappa shape index (κ1) is 28.6. The summed E-state index contributed by atoms with van der Waals surface area (Å²) in [7, 11) is 7.48. The van der Waals surface area contributed by atoms with Crippen LogP contribution >= 0.6 is 0 Å². The zero-order valence-electron chi connectivity index (χ0n) is 23.3. The Morgan fingerprint density at radius 3 is 1.98 bits per heavy atom. The van der Waals surface area contributed by atoms with Gasteiger partial charge in [-0.05, 0) is 60.7 Å². The van der Waals surface area contributed by atoms with Crippen LogP contribution in [-0.4, -0.2) is 93.9 Å². The molecule has 1 atom stereocenters. The molecule has 0 aromatic heterocycles. The number of fused-ring (bicyclic) bond motifs is 1. The fraction of sp³-hybridized carbons (Fsp3) is 0.414. The number of carboxylic acid groups (broad SMARTS) is 1. The Balaban J connectivity index is 1.58. The van der Waals surface area contributed by atoms with Crippen LogP contribution in [0.5, 0.6) is 28.7 Å². The van der Waals surface area contributed by atoms with E-state index < -0.39 is 17.9 Å². The van der Waals surface area contributed by atoms with Crippen molar-refractivity contribution >= 4 is 23.9 Å². The summed E-state index contributed by atoms with van der Waals surface area (Å²) < 4.78 is 26.9. The van der Waals surface area contributed by atoms with Gasteiger partial charge in [-0.3, -0.25) is 9.59 Å². The number of aliphatic carboxylic acids is 1. The minimum absolute atomic E-state index is 0.0715. The van der Waals surface area contributed by atoms with Crippen LogP contribution in [0, 0.1) is 0 Å². The van der Waals surface area contributed by atoms with E-state index in [2.05, 4.69) is 0 Å². The Morgan fingerprint density at radius 1 is 0.775 bits per heavy atom. The van der Waals surface area contributed by atoms with Gasteiger partial charge in [0.05, 0.1) is 42.1 Å². The molecule has 0 spiro atoms. The number of benzene rings is 2. The molecule has 2 amide bonds. The van der Waals surface area contributed by atoms with Crippen molar-refractivity contribution in [3.05, 3.63) is 46.5 Å². The first-order valence-corrected chi connectivity index (χ1v) is 12.8. The number of hydrogen-bond donors (Lipinski definition) is 1. The van der Waals surface area contributed by atoms with Crippen molar-refractivity contribution < 1.29 is 43.2 Å². The van der Waals surface area contributed by atoms with Crippen LogP contribution in [0.4, 0.5) is 0 Å². The fourth-order valence-corrected chi connectivity index (χ4v) is 5.18. The summed E-state index contributed by atoms with van der Waals surface area (Å²) in [6.07, 6.45) is 3.76.